The molecule has 4 rings (SSSR count). The van der Waals surface area contributed by atoms with Gasteiger partial charge in [0.25, 0.3) is 5.91 Å². The van der Waals surface area contributed by atoms with Gasteiger partial charge in [-0.3, -0.25) is 9.89 Å². The standard InChI is InChI=1S/C21H25FN6OS/c1-13(2)11-28-18(10-23-20(29)19-15-7-5-9-17(15)24-26-19)25-27-21(28)30-12-14-6-3-4-8-16(14)22/h3-4,6,8,13H,5,7,9-12H2,1-2H3,(H,23,29)(H,24,26). The highest BCUT2D eigenvalue weighted by Gasteiger charge is 2.23. The number of amides is 1. The Kier molecular flexibility index (Phi) is 6.17. The van der Waals surface area contributed by atoms with Crippen molar-refractivity contribution >= 4 is 17.7 Å². The number of aromatic nitrogens is 5. The molecule has 2 aromatic heterocycles. The van der Waals surface area contributed by atoms with E-state index in [-0.39, 0.29) is 18.3 Å². The van der Waals surface area contributed by atoms with Crippen molar-refractivity contribution in [1.82, 2.24) is 30.3 Å². The fourth-order valence-corrected chi connectivity index (χ4v) is 4.57. The Hall–Kier alpha value is -2.68. The zero-order valence-corrected chi connectivity index (χ0v) is 17.9. The molecule has 158 valence electrons. The average Bonchev–Trinajstić information content (AvgIpc) is 3.42. The number of carbonyl (C=O) groups is 1. The number of carbonyl (C=O) groups excluding carboxylic acids is 1. The molecule has 0 bridgehead atoms. The van der Waals surface area contributed by atoms with E-state index in [2.05, 4.69) is 39.6 Å². The number of rotatable bonds is 8. The first-order valence-corrected chi connectivity index (χ1v) is 11.1. The van der Waals surface area contributed by atoms with E-state index in [0.29, 0.717) is 28.8 Å². The highest BCUT2D eigenvalue weighted by atomic mass is 32.2. The molecule has 1 amide bonds. The lowest BCUT2D eigenvalue weighted by atomic mass is 10.2. The summed E-state index contributed by atoms with van der Waals surface area (Å²) in [5.41, 5.74) is 3.20. The third kappa shape index (κ3) is 4.40. The number of halogens is 1. The van der Waals surface area contributed by atoms with Crippen LogP contribution < -0.4 is 5.32 Å². The summed E-state index contributed by atoms with van der Waals surface area (Å²) >= 11 is 1.44. The largest absolute Gasteiger partial charge is 0.343 e. The molecule has 30 heavy (non-hydrogen) atoms. The summed E-state index contributed by atoms with van der Waals surface area (Å²) in [5.74, 6) is 1.10. The zero-order chi connectivity index (χ0) is 21.1. The smallest absolute Gasteiger partial charge is 0.272 e. The van der Waals surface area contributed by atoms with Crippen LogP contribution in [0.3, 0.4) is 0 Å². The van der Waals surface area contributed by atoms with Crippen LogP contribution in [0.15, 0.2) is 29.4 Å². The van der Waals surface area contributed by atoms with Gasteiger partial charge in [-0.05, 0) is 36.8 Å². The number of aryl methyl sites for hydroxylation is 1. The summed E-state index contributed by atoms with van der Waals surface area (Å²) in [5, 5.41) is 19.4. The first-order chi connectivity index (χ1) is 14.5. The van der Waals surface area contributed by atoms with Crippen LogP contribution in [-0.4, -0.2) is 30.9 Å². The number of hydrogen-bond donors (Lipinski definition) is 2. The summed E-state index contributed by atoms with van der Waals surface area (Å²) in [6, 6.07) is 6.74. The molecule has 0 spiro atoms. The van der Waals surface area contributed by atoms with Crippen LogP contribution in [-0.2, 0) is 31.7 Å². The van der Waals surface area contributed by atoms with Gasteiger partial charge in [0.2, 0.25) is 0 Å². The lowest BCUT2D eigenvalue weighted by molar-refractivity contribution is 0.0943. The zero-order valence-electron chi connectivity index (χ0n) is 17.1. The van der Waals surface area contributed by atoms with Crippen LogP contribution in [0.5, 0.6) is 0 Å². The Bertz CT molecular complexity index is 1040. The van der Waals surface area contributed by atoms with E-state index in [9.17, 15) is 9.18 Å². The average molecular weight is 429 g/mol. The van der Waals surface area contributed by atoms with Gasteiger partial charge >= 0.3 is 0 Å². The van der Waals surface area contributed by atoms with Crippen molar-refractivity contribution in [3.8, 4) is 0 Å². The second-order valence-corrected chi connectivity index (χ2v) is 8.79. The van der Waals surface area contributed by atoms with Crippen molar-refractivity contribution in [2.75, 3.05) is 0 Å². The summed E-state index contributed by atoms with van der Waals surface area (Å²) in [6.45, 7) is 5.21. The molecule has 1 aliphatic carbocycles. The van der Waals surface area contributed by atoms with E-state index in [1.807, 2.05) is 10.6 Å². The van der Waals surface area contributed by atoms with Gasteiger partial charge in [0.05, 0.1) is 6.54 Å². The Morgan fingerprint density at radius 2 is 2.13 bits per heavy atom. The van der Waals surface area contributed by atoms with E-state index in [1.165, 1.54) is 17.8 Å². The molecule has 0 aliphatic heterocycles. The summed E-state index contributed by atoms with van der Waals surface area (Å²) < 4.78 is 15.9. The van der Waals surface area contributed by atoms with Crippen molar-refractivity contribution < 1.29 is 9.18 Å². The molecule has 2 heterocycles. The minimum Gasteiger partial charge on any atom is -0.343 e. The maximum atomic E-state index is 13.9. The number of H-pyrrole nitrogens is 1. The van der Waals surface area contributed by atoms with Crippen LogP contribution in [0.25, 0.3) is 0 Å². The highest BCUT2D eigenvalue weighted by molar-refractivity contribution is 7.98. The van der Waals surface area contributed by atoms with Gasteiger partial charge in [0, 0.05) is 23.6 Å². The maximum Gasteiger partial charge on any atom is 0.272 e. The molecule has 7 nitrogen and oxygen atoms in total. The molecule has 0 radical (unpaired) electrons. The van der Waals surface area contributed by atoms with Gasteiger partial charge in [-0.2, -0.15) is 5.10 Å². The van der Waals surface area contributed by atoms with Gasteiger partial charge in [-0.15, -0.1) is 10.2 Å². The quantitative estimate of drug-likeness (QED) is 0.536. The third-order valence-corrected chi connectivity index (χ3v) is 6.10. The molecule has 3 aromatic rings. The molecular formula is C21H25FN6OS. The Balaban J connectivity index is 1.46. The molecule has 9 heteroatoms. The molecule has 0 fully saturated rings. The Morgan fingerprint density at radius 1 is 1.30 bits per heavy atom. The predicted molar refractivity (Wildman–Crippen MR) is 113 cm³/mol. The van der Waals surface area contributed by atoms with Crippen LogP contribution in [0.1, 0.15) is 53.4 Å². The van der Waals surface area contributed by atoms with Crippen molar-refractivity contribution in [2.24, 2.45) is 5.92 Å². The summed E-state index contributed by atoms with van der Waals surface area (Å²) in [4.78, 5) is 12.6. The van der Waals surface area contributed by atoms with Crippen LogP contribution in [0.2, 0.25) is 0 Å². The highest BCUT2D eigenvalue weighted by Crippen LogP contribution is 2.25. The topological polar surface area (TPSA) is 88.5 Å². The summed E-state index contributed by atoms with van der Waals surface area (Å²) in [7, 11) is 0. The fourth-order valence-electron chi connectivity index (χ4n) is 3.61. The van der Waals surface area contributed by atoms with Crippen molar-refractivity contribution in [2.45, 2.75) is 57.1 Å². The van der Waals surface area contributed by atoms with Crippen LogP contribution in [0, 0.1) is 11.7 Å². The number of nitrogens with zero attached hydrogens (tertiary/aromatic N) is 4. The van der Waals surface area contributed by atoms with E-state index in [1.54, 1.807) is 12.1 Å². The number of nitrogens with one attached hydrogen (secondary N) is 2. The fraction of sp³-hybridized carbons (Fsp3) is 0.429. The number of thioether (sulfide) groups is 1. The monoisotopic (exact) mass is 428 g/mol. The lowest BCUT2D eigenvalue weighted by Gasteiger charge is -2.13. The van der Waals surface area contributed by atoms with Crippen molar-refractivity contribution in [3.05, 3.63) is 58.4 Å². The van der Waals surface area contributed by atoms with Gasteiger partial charge in [0.1, 0.15) is 5.82 Å². The Labute approximate surface area is 178 Å². The maximum absolute atomic E-state index is 13.9. The molecule has 0 unspecified atom stereocenters. The number of benzene rings is 1. The van der Waals surface area contributed by atoms with Crippen molar-refractivity contribution in [3.63, 3.8) is 0 Å². The van der Waals surface area contributed by atoms with E-state index in [4.69, 9.17) is 0 Å². The SMILES string of the molecule is CC(C)Cn1c(CNC(=O)c2n[nH]c3c2CCC3)nnc1SCc1ccccc1F. The molecule has 0 saturated carbocycles. The normalized spacial score (nSPS) is 13.1. The molecule has 0 atom stereocenters. The molecule has 0 saturated heterocycles. The molecule has 2 N–H and O–H groups in total. The molecular weight excluding hydrogens is 403 g/mol. The van der Waals surface area contributed by atoms with Gasteiger partial charge in [-0.25, -0.2) is 4.39 Å². The van der Waals surface area contributed by atoms with Gasteiger partial charge in [-0.1, -0.05) is 43.8 Å². The number of aromatic amines is 1. The second kappa shape index (κ2) is 8.99. The second-order valence-electron chi connectivity index (χ2n) is 7.85. The third-order valence-electron chi connectivity index (χ3n) is 5.08. The number of hydrogen-bond acceptors (Lipinski definition) is 5. The van der Waals surface area contributed by atoms with E-state index < -0.39 is 0 Å². The first kappa shape index (κ1) is 20.6. The molecule has 1 aliphatic rings. The Morgan fingerprint density at radius 3 is 2.93 bits per heavy atom. The first-order valence-electron chi connectivity index (χ1n) is 10.2. The summed E-state index contributed by atoms with van der Waals surface area (Å²) in [6.07, 6.45) is 2.88. The van der Waals surface area contributed by atoms with Gasteiger partial charge in [0.15, 0.2) is 16.7 Å². The van der Waals surface area contributed by atoms with Gasteiger partial charge < -0.3 is 9.88 Å². The van der Waals surface area contributed by atoms with Crippen LogP contribution in [0.4, 0.5) is 4.39 Å². The predicted octanol–water partition coefficient (Wildman–Crippen LogP) is 3.51. The lowest BCUT2D eigenvalue weighted by Crippen LogP contribution is -2.26. The minimum atomic E-state index is -0.223. The molecule has 1 aromatic carbocycles. The van der Waals surface area contributed by atoms with Crippen molar-refractivity contribution in [1.29, 1.82) is 0 Å². The number of fused-ring (bicyclic) bond motifs is 1. The van der Waals surface area contributed by atoms with E-state index in [0.717, 1.165) is 42.2 Å². The van der Waals surface area contributed by atoms with Crippen LogP contribution >= 0.6 is 11.8 Å². The van der Waals surface area contributed by atoms with E-state index >= 15 is 0 Å². The minimum absolute atomic E-state index is 0.200.